The summed E-state index contributed by atoms with van der Waals surface area (Å²) in [6.45, 7) is -0.331. The van der Waals surface area contributed by atoms with E-state index in [-0.39, 0.29) is 12.5 Å². The predicted octanol–water partition coefficient (Wildman–Crippen LogP) is 3.73. The summed E-state index contributed by atoms with van der Waals surface area (Å²) in [6, 6.07) is 9.31. The number of ether oxygens (including phenoxy) is 1. The number of aryl methyl sites for hydroxylation is 2. The minimum absolute atomic E-state index is 0.331. The molecule has 0 unspecified atom stereocenters. The van der Waals surface area contributed by atoms with Crippen molar-refractivity contribution >= 4 is 39.6 Å². The molecule has 1 aliphatic rings. The first kappa shape index (κ1) is 16.5. The van der Waals surface area contributed by atoms with Crippen LogP contribution in [-0.4, -0.2) is 18.5 Å². The van der Waals surface area contributed by atoms with Gasteiger partial charge in [-0.3, -0.25) is 4.79 Å². The van der Waals surface area contributed by atoms with Crippen LogP contribution in [0.3, 0.4) is 0 Å². The first-order chi connectivity index (χ1) is 11.6. The summed E-state index contributed by atoms with van der Waals surface area (Å²) in [5.41, 5.74) is 3.35. The largest absolute Gasteiger partial charge is 0.452 e. The van der Waals surface area contributed by atoms with Crippen molar-refractivity contribution < 1.29 is 18.7 Å². The molecule has 0 aliphatic heterocycles. The molecule has 0 saturated carbocycles. The van der Waals surface area contributed by atoms with E-state index >= 15 is 0 Å². The number of carbonyl (C=O) groups excluding carboxylic acids is 2. The Morgan fingerprint density at radius 3 is 2.83 bits per heavy atom. The second kappa shape index (κ2) is 7.49. The van der Waals surface area contributed by atoms with E-state index in [1.54, 1.807) is 12.1 Å². The summed E-state index contributed by atoms with van der Waals surface area (Å²) >= 11 is 3.17. The lowest BCUT2D eigenvalue weighted by atomic mass is 10.1. The average molecular weight is 390 g/mol. The highest BCUT2D eigenvalue weighted by Gasteiger charge is 2.12. The number of hydrogen-bond acceptors (Lipinski definition) is 4. The Kier molecular flexibility index (Phi) is 5.15. The molecule has 1 N–H and O–H groups in total. The SMILES string of the molecule is O=C(COC(=O)/C=C/c1ccc(Br)o1)Nc1ccc2c(c1)CCC2. The van der Waals surface area contributed by atoms with Gasteiger partial charge < -0.3 is 14.5 Å². The Balaban J connectivity index is 1.46. The van der Waals surface area contributed by atoms with Crippen LogP contribution in [0.1, 0.15) is 23.3 Å². The van der Waals surface area contributed by atoms with Crippen LogP contribution in [0, 0.1) is 0 Å². The molecule has 5 nitrogen and oxygen atoms in total. The molecule has 0 radical (unpaired) electrons. The second-order valence-electron chi connectivity index (χ2n) is 5.47. The van der Waals surface area contributed by atoms with Crippen LogP contribution in [0.5, 0.6) is 0 Å². The number of fused-ring (bicyclic) bond motifs is 1. The van der Waals surface area contributed by atoms with Gasteiger partial charge in [0.2, 0.25) is 0 Å². The van der Waals surface area contributed by atoms with Crippen molar-refractivity contribution in [3.8, 4) is 0 Å². The van der Waals surface area contributed by atoms with Gasteiger partial charge in [-0.2, -0.15) is 0 Å². The molecule has 24 heavy (non-hydrogen) atoms. The van der Waals surface area contributed by atoms with Crippen LogP contribution in [-0.2, 0) is 27.2 Å². The molecule has 1 aliphatic carbocycles. The normalized spacial score (nSPS) is 13.0. The fraction of sp³-hybridized carbons (Fsp3) is 0.222. The predicted molar refractivity (Wildman–Crippen MR) is 93.5 cm³/mol. The van der Waals surface area contributed by atoms with E-state index < -0.39 is 5.97 Å². The number of amides is 1. The number of rotatable bonds is 5. The second-order valence-corrected chi connectivity index (χ2v) is 6.25. The van der Waals surface area contributed by atoms with E-state index in [0.717, 1.165) is 24.9 Å². The highest BCUT2D eigenvalue weighted by atomic mass is 79.9. The van der Waals surface area contributed by atoms with Crippen LogP contribution >= 0.6 is 15.9 Å². The van der Waals surface area contributed by atoms with Gasteiger partial charge in [-0.25, -0.2) is 4.79 Å². The number of anilines is 1. The van der Waals surface area contributed by atoms with Crippen molar-refractivity contribution in [3.63, 3.8) is 0 Å². The molecule has 124 valence electrons. The number of nitrogens with one attached hydrogen (secondary N) is 1. The molecule has 1 amide bonds. The highest BCUT2D eigenvalue weighted by molar-refractivity contribution is 9.10. The van der Waals surface area contributed by atoms with Crippen LogP contribution in [0.2, 0.25) is 0 Å². The zero-order chi connectivity index (χ0) is 16.9. The van der Waals surface area contributed by atoms with E-state index in [9.17, 15) is 9.59 Å². The van der Waals surface area contributed by atoms with E-state index in [1.807, 2.05) is 18.2 Å². The first-order valence-electron chi connectivity index (χ1n) is 7.62. The van der Waals surface area contributed by atoms with Gasteiger partial charge in [0.15, 0.2) is 11.3 Å². The van der Waals surface area contributed by atoms with Gasteiger partial charge in [-0.05, 0) is 76.7 Å². The number of halogens is 1. The molecule has 2 aromatic rings. The fourth-order valence-electron chi connectivity index (χ4n) is 2.60. The van der Waals surface area contributed by atoms with E-state index in [0.29, 0.717) is 10.4 Å². The Labute approximate surface area is 147 Å². The molecule has 0 spiro atoms. The molecule has 0 bridgehead atoms. The van der Waals surface area contributed by atoms with Crippen molar-refractivity contribution in [1.82, 2.24) is 0 Å². The van der Waals surface area contributed by atoms with Crippen LogP contribution < -0.4 is 5.32 Å². The Bertz CT molecular complexity index is 794. The molecule has 1 heterocycles. The third-order valence-electron chi connectivity index (χ3n) is 3.71. The molecule has 0 saturated heterocycles. The number of hydrogen-bond donors (Lipinski definition) is 1. The molecule has 6 heteroatoms. The minimum atomic E-state index is -0.605. The van der Waals surface area contributed by atoms with Gasteiger partial charge in [0.1, 0.15) is 5.76 Å². The summed E-state index contributed by atoms with van der Waals surface area (Å²) in [5, 5.41) is 2.74. The molecule has 1 aromatic heterocycles. The van der Waals surface area contributed by atoms with Crippen LogP contribution in [0.4, 0.5) is 5.69 Å². The lowest BCUT2D eigenvalue weighted by Gasteiger charge is -2.07. The third-order valence-corrected chi connectivity index (χ3v) is 4.13. The van der Waals surface area contributed by atoms with E-state index in [1.165, 1.54) is 23.3 Å². The van der Waals surface area contributed by atoms with Gasteiger partial charge in [-0.15, -0.1) is 0 Å². The lowest BCUT2D eigenvalue weighted by Crippen LogP contribution is -2.20. The van der Waals surface area contributed by atoms with Crippen molar-refractivity contribution in [2.45, 2.75) is 19.3 Å². The van der Waals surface area contributed by atoms with Crippen LogP contribution in [0.15, 0.2) is 45.5 Å². The summed E-state index contributed by atoms with van der Waals surface area (Å²) in [6.07, 6.45) is 5.99. The molecule has 3 rings (SSSR count). The maximum absolute atomic E-state index is 11.9. The number of carbonyl (C=O) groups is 2. The average Bonchev–Trinajstić information content (AvgIpc) is 3.19. The van der Waals surface area contributed by atoms with Gasteiger partial charge in [0.25, 0.3) is 5.91 Å². The topological polar surface area (TPSA) is 68.5 Å². The molecule has 0 fully saturated rings. The van der Waals surface area contributed by atoms with Crippen molar-refractivity contribution in [3.05, 3.63) is 58.0 Å². The summed E-state index contributed by atoms with van der Waals surface area (Å²) in [5.74, 6) is -0.455. The maximum Gasteiger partial charge on any atom is 0.331 e. The zero-order valence-corrected chi connectivity index (χ0v) is 14.5. The van der Waals surface area contributed by atoms with Gasteiger partial charge in [-0.1, -0.05) is 6.07 Å². The Hall–Kier alpha value is -2.34. The number of esters is 1. The maximum atomic E-state index is 11.9. The lowest BCUT2D eigenvalue weighted by molar-refractivity contribution is -0.142. The highest BCUT2D eigenvalue weighted by Crippen LogP contribution is 2.24. The minimum Gasteiger partial charge on any atom is -0.452 e. The smallest absolute Gasteiger partial charge is 0.331 e. The monoisotopic (exact) mass is 389 g/mol. The van der Waals surface area contributed by atoms with Crippen molar-refractivity contribution in [1.29, 1.82) is 0 Å². The van der Waals surface area contributed by atoms with Gasteiger partial charge >= 0.3 is 5.97 Å². The van der Waals surface area contributed by atoms with Crippen molar-refractivity contribution in [2.24, 2.45) is 0 Å². The number of furan rings is 1. The molecular formula is C18H16BrNO4. The van der Waals surface area contributed by atoms with Gasteiger partial charge in [0.05, 0.1) is 0 Å². The first-order valence-corrected chi connectivity index (χ1v) is 8.41. The Morgan fingerprint density at radius 1 is 1.21 bits per heavy atom. The molecular weight excluding hydrogens is 374 g/mol. The summed E-state index contributed by atoms with van der Waals surface area (Å²) < 4.78 is 10.7. The fourth-order valence-corrected chi connectivity index (χ4v) is 2.92. The van der Waals surface area contributed by atoms with Crippen LogP contribution in [0.25, 0.3) is 6.08 Å². The van der Waals surface area contributed by atoms with E-state index in [4.69, 9.17) is 9.15 Å². The standard InChI is InChI=1S/C18H16BrNO4/c19-16-8-6-15(24-16)7-9-18(22)23-11-17(21)20-14-5-4-12-2-1-3-13(12)10-14/h4-10H,1-3,11H2,(H,20,21)/b9-7+. The molecule has 0 atom stereocenters. The Morgan fingerprint density at radius 2 is 2.04 bits per heavy atom. The summed E-state index contributed by atoms with van der Waals surface area (Å²) in [4.78, 5) is 23.4. The van der Waals surface area contributed by atoms with E-state index in [2.05, 4.69) is 21.2 Å². The zero-order valence-electron chi connectivity index (χ0n) is 12.9. The number of benzene rings is 1. The third kappa shape index (κ3) is 4.35. The quantitative estimate of drug-likeness (QED) is 0.624. The van der Waals surface area contributed by atoms with Crippen molar-refractivity contribution in [2.75, 3.05) is 11.9 Å². The van der Waals surface area contributed by atoms with Gasteiger partial charge in [0, 0.05) is 11.8 Å². The molecule has 1 aromatic carbocycles. The summed E-state index contributed by atoms with van der Waals surface area (Å²) in [7, 11) is 0.